The highest BCUT2D eigenvalue weighted by Crippen LogP contribution is 2.44. The van der Waals surface area contributed by atoms with Crippen molar-refractivity contribution < 1.29 is 24.2 Å². The molecule has 1 aliphatic carbocycles. The van der Waals surface area contributed by atoms with Crippen molar-refractivity contribution in [3.8, 4) is 11.1 Å². The molecule has 0 fully saturated rings. The number of fused-ring (bicyclic) bond motifs is 3. The number of carboxylic acids is 1. The number of carbonyl (C=O) groups excluding carboxylic acids is 2. The second-order valence-corrected chi connectivity index (χ2v) is 7.76. The lowest BCUT2D eigenvalue weighted by molar-refractivity contribution is -0.309. The third-order valence-corrected chi connectivity index (χ3v) is 4.60. The van der Waals surface area contributed by atoms with E-state index in [0.717, 1.165) is 22.3 Å². The van der Waals surface area contributed by atoms with E-state index in [1.54, 1.807) is 20.8 Å². The van der Waals surface area contributed by atoms with Crippen LogP contribution in [-0.4, -0.2) is 36.9 Å². The summed E-state index contributed by atoms with van der Waals surface area (Å²) < 4.78 is 10.8. The molecule has 6 heteroatoms. The highest BCUT2D eigenvalue weighted by molar-refractivity contribution is 5.80. The summed E-state index contributed by atoms with van der Waals surface area (Å²) >= 11 is 0. The van der Waals surface area contributed by atoms with Crippen molar-refractivity contribution in [3.05, 3.63) is 59.7 Å². The van der Waals surface area contributed by atoms with Gasteiger partial charge in [0.25, 0.3) is 0 Å². The number of alkyl carbamates (subject to hydrolysis) is 1. The molecule has 1 amide bonds. The highest BCUT2D eigenvalue weighted by atomic mass is 16.6. The van der Waals surface area contributed by atoms with E-state index >= 15 is 0 Å². The summed E-state index contributed by atoms with van der Waals surface area (Å²) in [5.74, 6) is -1.51. The largest absolute Gasteiger partial charge is 0.548 e. The Morgan fingerprint density at radius 2 is 1.57 bits per heavy atom. The van der Waals surface area contributed by atoms with Gasteiger partial charge in [0.15, 0.2) is 0 Å². The molecular formula is C22H24NO5-. The fourth-order valence-corrected chi connectivity index (χ4v) is 3.28. The maximum Gasteiger partial charge on any atom is 0.407 e. The van der Waals surface area contributed by atoms with E-state index in [9.17, 15) is 14.7 Å². The molecule has 28 heavy (non-hydrogen) atoms. The molecule has 0 spiro atoms. The van der Waals surface area contributed by atoms with Gasteiger partial charge in [-0.15, -0.1) is 0 Å². The van der Waals surface area contributed by atoms with Crippen LogP contribution in [0.1, 0.15) is 37.8 Å². The van der Waals surface area contributed by atoms with Crippen molar-refractivity contribution >= 4 is 12.1 Å². The Kier molecular flexibility index (Phi) is 5.70. The van der Waals surface area contributed by atoms with Gasteiger partial charge in [-0.25, -0.2) is 4.79 Å². The second kappa shape index (κ2) is 8.02. The van der Waals surface area contributed by atoms with Crippen molar-refractivity contribution in [3.63, 3.8) is 0 Å². The van der Waals surface area contributed by atoms with Crippen molar-refractivity contribution in [2.24, 2.45) is 0 Å². The lowest BCUT2D eigenvalue weighted by Gasteiger charge is -2.25. The van der Waals surface area contributed by atoms with Gasteiger partial charge in [0.1, 0.15) is 6.61 Å². The van der Waals surface area contributed by atoms with Crippen LogP contribution in [0, 0.1) is 0 Å². The molecule has 0 saturated carbocycles. The van der Waals surface area contributed by atoms with Gasteiger partial charge in [-0.1, -0.05) is 48.5 Å². The summed E-state index contributed by atoms with van der Waals surface area (Å²) in [5, 5.41) is 13.6. The predicted octanol–water partition coefficient (Wildman–Crippen LogP) is 2.46. The number of amides is 1. The SMILES string of the molecule is CC(C)(C)OC[C@@H](NC(=O)OCC1c2ccccc2-c2ccccc21)C(=O)[O-]. The number of hydrogen-bond acceptors (Lipinski definition) is 5. The number of hydrogen-bond donors (Lipinski definition) is 1. The molecule has 1 aliphatic rings. The lowest BCUT2D eigenvalue weighted by atomic mass is 9.98. The minimum Gasteiger partial charge on any atom is -0.548 e. The van der Waals surface area contributed by atoms with Crippen LogP contribution < -0.4 is 10.4 Å². The van der Waals surface area contributed by atoms with Crippen LogP contribution in [0.15, 0.2) is 48.5 Å². The van der Waals surface area contributed by atoms with Gasteiger partial charge in [-0.05, 0) is 43.0 Å². The summed E-state index contributed by atoms with van der Waals surface area (Å²) in [4.78, 5) is 23.5. The zero-order valence-corrected chi connectivity index (χ0v) is 16.2. The molecule has 0 bridgehead atoms. The molecule has 0 heterocycles. The Bertz CT molecular complexity index is 826. The van der Waals surface area contributed by atoms with Gasteiger partial charge in [-0.2, -0.15) is 0 Å². The minimum atomic E-state index is -1.42. The van der Waals surface area contributed by atoms with E-state index in [4.69, 9.17) is 9.47 Å². The number of aliphatic carboxylic acids is 1. The van der Waals surface area contributed by atoms with Crippen LogP contribution in [0.25, 0.3) is 11.1 Å². The van der Waals surface area contributed by atoms with Gasteiger partial charge < -0.3 is 24.7 Å². The Morgan fingerprint density at radius 3 is 2.07 bits per heavy atom. The summed E-state index contributed by atoms with van der Waals surface area (Å²) in [6.45, 7) is 5.31. The lowest BCUT2D eigenvalue weighted by Crippen LogP contribution is -2.51. The molecule has 1 atom stereocenters. The van der Waals surface area contributed by atoms with E-state index in [2.05, 4.69) is 5.32 Å². The highest BCUT2D eigenvalue weighted by Gasteiger charge is 2.29. The Morgan fingerprint density at radius 1 is 1.04 bits per heavy atom. The average Bonchev–Trinajstić information content (AvgIpc) is 2.96. The Labute approximate surface area is 164 Å². The molecule has 0 unspecified atom stereocenters. The minimum absolute atomic E-state index is 0.0922. The summed E-state index contributed by atoms with van der Waals surface area (Å²) in [5.41, 5.74) is 3.89. The molecule has 0 saturated heterocycles. The molecule has 1 N–H and O–H groups in total. The molecule has 148 valence electrons. The van der Waals surface area contributed by atoms with Crippen LogP contribution >= 0.6 is 0 Å². The zero-order chi connectivity index (χ0) is 20.3. The molecule has 2 aromatic carbocycles. The van der Waals surface area contributed by atoms with Crippen LogP contribution in [0.2, 0.25) is 0 Å². The van der Waals surface area contributed by atoms with E-state index in [-0.39, 0.29) is 19.1 Å². The first kappa shape index (κ1) is 19.9. The first-order valence-corrected chi connectivity index (χ1v) is 9.22. The van der Waals surface area contributed by atoms with Gasteiger partial charge in [0, 0.05) is 5.92 Å². The van der Waals surface area contributed by atoms with Crippen LogP contribution in [-0.2, 0) is 14.3 Å². The molecule has 0 aromatic heterocycles. The van der Waals surface area contributed by atoms with Gasteiger partial charge in [0.05, 0.1) is 24.2 Å². The smallest absolute Gasteiger partial charge is 0.407 e. The number of benzene rings is 2. The Balaban J connectivity index is 1.65. The van der Waals surface area contributed by atoms with E-state index < -0.39 is 23.7 Å². The van der Waals surface area contributed by atoms with Crippen molar-refractivity contribution in [2.45, 2.75) is 38.3 Å². The quantitative estimate of drug-likeness (QED) is 0.829. The summed E-state index contributed by atoms with van der Waals surface area (Å²) in [7, 11) is 0. The standard InChI is InChI=1S/C22H25NO5/c1-22(2,3)28-13-19(20(24)25)23-21(26)27-12-18-16-10-6-4-8-14(16)15-9-5-7-11-17(15)18/h4-11,18-19H,12-13H2,1-3H3,(H,23,26)(H,24,25)/p-1/t19-/m1/s1. The monoisotopic (exact) mass is 382 g/mol. The third-order valence-electron chi connectivity index (χ3n) is 4.60. The van der Waals surface area contributed by atoms with Crippen LogP contribution in [0.4, 0.5) is 4.79 Å². The zero-order valence-electron chi connectivity index (χ0n) is 16.2. The molecule has 3 rings (SSSR count). The van der Waals surface area contributed by atoms with Gasteiger partial charge in [0.2, 0.25) is 0 Å². The van der Waals surface area contributed by atoms with Crippen LogP contribution in [0.3, 0.4) is 0 Å². The first-order valence-electron chi connectivity index (χ1n) is 9.22. The van der Waals surface area contributed by atoms with Crippen LogP contribution in [0.5, 0.6) is 0 Å². The number of ether oxygens (including phenoxy) is 2. The van der Waals surface area contributed by atoms with Gasteiger partial charge >= 0.3 is 6.09 Å². The maximum atomic E-state index is 12.2. The predicted molar refractivity (Wildman–Crippen MR) is 103 cm³/mol. The fourth-order valence-electron chi connectivity index (χ4n) is 3.28. The van der Waals surface area contributed by atoms with E-state index in [1.807, 2.05) is 48.5 Å². The molecule has 0 radical (unpaired) electrons. The van der Waals surface area contributed by atoms with E-state index in [1.165, 1.54) is 0 Å². The molecule has 2 aromatic rings. The number of carbonyl (C=O) groups is 2. The fraction of sp³-hybridized carbons (Fsp3) is 0.364. The molecule has 0 aliphatic heterocycles. The first-order chi connectivity index (χ1) is 13.3. The molecular weight excluding hydrogens is 358 g/mol. The normalized spacial score (nSPS) is 14.1. The van der Waals surface area contributed by atoms with Crippen molar-refractivity contribution in [2.75, 3.05) is 13.2 Å². The van der Waals surface area contributed by atoms with Crippen molar-refractivity contribution in [1.29, 1.82) is 0 Å². The number of rotatable bonds is 6. The summed E-state index contributed by atoms with van der Waals surface area (Å²) in [6, 6.07) is 14.7. The maximum absolute atomic E-state index is 12.2. The van der Waals surface area contributed by atoms with Gasteiger partial charge in [-0.3, -0.25) is 0 Å². The van der Waals surface area contributed by atoms with Crippen molar-refractivity contribution in [1.82, 2.24) is 5.32 Å². The third kappa shape index (κ3) is 4.51. The molecule has 6 nitrogen and oxygen atoms in total. The number of carboxylic acid groups (broad SMARTS) is 1. The van der Waals surface area contributed by atoms with E-state index in [0.29, 0.717) is 0 Å². The topological polar surface area (TPSA) is 87.7 Å². The Hall–Kier alpha value is -2.86. The second-order valence-electron chi connectivity index (χ2n) is 7.76. The summed E-state index contributed by atoms with van der Waals surface area (Å²) in [6.07, 6.45) is -0.812. The average molecular weight is 382 g/mol. The number of nitrogens with one attached hydrogen (secondary N) is 1.